The van der Waals surface area contributed by atoms with Gasteiger partial charge in [-0.1, -0.05) is 30.3 Å². The second-order valence-corrected chi connectivity index (χ2v) is 6.79. The average molecular weight is 326 g/mol. The molecule has 1 aromatic heterocycles. The fourth-order valence-electron chi connectivity index (χ4n) is 3.47. The van der Waals surface area contributed by atoms with E-state index in [-0.39, 0.29) is 17.9 Å². The van der Waals surface area contributed by atoms with Gasteiger partial charge in [0, 0.05) is 24.4 Å². The zero-order valence-corrected chi connectivity index (χ0v) is 14.0. The zero-order chi connectivity index (χ0) is 16.8. The molecule has 3 N–H and O–H groups in total. The molecule has 1 aliphatic carbocycles. The average Bonchev–Trinajstić information content (AvgIpc) is 3.12. The van der Waals surface area contributed by atoms with Crippen molar-refractivity contribution in [2.24, 2.45) is 5.73 Å². The molecule has 3 rings (SSSR count). The molecule has 1 atom stereocenters. The molecule has 1 unspecified atom stereocenters. The minimum atomic E-state index is 0.0632. The van der Waals surface area contributed by atoms with Crippen LogP contribution in [0.3, 0.4) is 0 Å². The van der Waals surface area contributed by atoms with Gasteiger partial charge in [-0.05, 0) is 49.8 Å². The molecule has 4 heteroatoms. The molecule has 0 aliphatic heterocycles. The first-order valence-corrected chi connectivity index (χ1v) is 8.83. The number of benzene rings is 1. The lowest BCUT2D eigenvalue weighted by Gasteiger charge is -2.27. The molecule has 2 aromatic rings. The van der Waals surface area contributed by atoms with E-state index in [1.54, 1.807) is 6.26 Å². The summed E-state index contributed by atoms with van der Waals surface area (Å²) in [5.41, 5.74) is 7.15. The predicted octanol–water partition coefficient (Wildman–Crippen LogP) is 3.38. The van der Waals surface area contributed by atoms with Crippen molar-refractivity contribution in [2.45, 2.75) is 56.5 Å². The smallest absolute Gasteiger partial charge is 0.220 e. The van der Waals surface area contributed by atoms with Gasteiger partial charge in [0.2, 0.25) is 5.91 Å². The maximum absolute atomic E-state index is 12.5. The minimum absolute atomic E-state index is 0.0632. The van der Waals surface area contributed by atoms with Crippen molar-refractivity contribution in [1.29, 1.82) is 0 Å². The van der Waals surface area contributed by atoms with Gasteiger partial charge in [-0.2, -0.15) is 0 Å². The van der Waals surface area contributed by atoms with Gasteiger partial charge in [0.05, 0.1) is 6.26 Å². The molecule has 4 nitrogen and oxygen atoms in total. The summed E-state index contributed by atoms with van der Waals surface area (Å²) in [6, 6.07) is 14.7. The fraction of sp³-hybridized carbons (Fsp3) is 0.450. The van der Waals surface area contributed by atoms with Crippen LogP contribution in [-0.2, 0) is 11.2 Å². The number of hydrogen-bond acceptors (Lipinski definition) is 3. The van der Waals surface area contributed by atoms with Crippen LogP contribution in [0.15, 0.2) is 53.1 Å². The van der Waals surface area contributed by atoms with E-state index in [1.807, 2.05) is 30.3 Å². The third-order valence-electron chi connectivity index (χ3n) is 4.84. The number of amides is 1. The van der Waals surface area contributed by atoms with Crippen molar-refractivity contribution < 1.29 is 9.21 Å². The Morgan fingerprint density at radius 2 is 1.88 bits per heavy atom. The van der Waals surface area contributed by atoms with Crippen LogP contribution in [0.2, 0.25) is 0 Å². The van der Waals surface area contributed by atoms with Gasteiger partial charge in [0.1, 0.15) is 5.76 Å². The Morgan fingerprint density at radius 1 is 1.12 bits per heavy atom. The second kappa shape index (κ2) is 8.15. The third-order valence-corrected chi connectivity index (χ3v) is 4.84. The Morgan fingerprint density at radius 3 is 2.54 bits per heavy atom. The Labute approximate surface area is 143 Å². The third kappa shape index (κ3) is 4.71. The SMILES string of the molecule is NC1CCC(NC(=O)CC(Cc2ccccc2)c2ccco2)CC1. The highest BCUT2D eigenvalue weighted by molar-refractivity contribution is 5.77. The fourth-order valence-corrected chi connectivity index (χ4v) is 3.47. The van der Waals surface area contributed by atoms with Crippen LogP contribution >= 0.6 is 0 Å². The minimum Gasteiger partial charge on any atom is -0.469 e. The Kier molecular flexibility index (Phi) is 5.70. The highest BCUT2D eigenvalue weighted by Gasteiger charge is 2.23. The van der Waals surface area contributed by atoms with Gasteiger partial charge in [-0.15, -0.1) is 0 Å². The normalized spacial score (nSPS) is 22.0. The lowest BCUT2D eigenvalue weighted by atomic mass is 9.90. The molecule has 0 spiro atoms. The van der Waals surface area contributed by atoms with Gasteiger partial charge in [0.25, 0.3) is 0 Å². The number of nitrogens with one attached hydrogen (secondary N) is 1. The predicted molar refractivity (Wildman–Crippen MR) is 94.6 cm³/mol. The summed E-state index contributed by atoms with van der Waals surface area (Å²) in [6.07, 6.45) is 6.89. The number of carbonyl (C=O) groups is 1. The molecule has 0 saturated heterocycles. The molecule has 0 bridgehead atoms. The molecule has 24 heavy (non-hydrogen) atoms. The molecule has 1 heterocycles. The van der Waals surface area contributed by atoms with E-state index in [1.165, 1.54) is 5.56 Å². The number of hydrogen-bond donors (Lipinski definition) is 2. The molecule has 1 aromatic carbocycles. The van der Waals surface area contributed by atoms with E-state index in [0.29, 0.717) is 12.5 Å². The highest BCUT2D eigenvalue weighted by atomic mass is 16.3. The molecule has 1 amide bonds. The monoisotopic (exact) mass is 326 g/mol. The molecular formula is C20H26N2O2. The van der Waals surface area contributed by atoms with Crippen LogP contribution in [0.25, 0.3) is 0 Å². The molecule has 1 fully saturated rings. The molecule has 0 radical (unpaired) electrons. The van der Waals surface area contributed by atoms with Crippen molar-refractivity contribution in [1.82, 2.24) is 5.32 Å². The van der Waals surface area contributed by atoms with Gasteiger partial charge < -0.3 is 15.5 Å². The lowest BCUT2D eigenvalue weighted by Crippen LogP contribution is -2.40. The maximum Gasteiger partial charge on any atom is 0.220 e. The number of furan rings is 1. The zero-order valence-electron chi connectivity index (χ0n) is 14.0. The number of rotatable bonds is 6. The van der Waals surface area contributed by atoms with Gasteiger partial charge in [-0.3, -0.25) is 4.79 Å². The van der Waals surface area contributed by atoms with Gasteiger partial charge >= 0.3 is 0 Å². The summed E-state index contributed by atoms with van der Waals surface area (Å²) in [5, 5.41) is 3.18. The van der Waals surface area contributed by atoms with Crippen molar-refractivity contribution in [3.8, 4) is 0 Å². The Balaban J connectivity index is 1.60. The summed E-state index contributed by atoms with van der Waals surface area (Å²) in [4.78, 5) is 12.5. The molecule has 1 saturated carbocycles. The molecular weight excluding hydrogens is 300 g/mol. The van der Waals surface area contributed by atoms with Crippen molar-refractivity contribution in [2.75, 3.05) is 0 Å². The summed E-state index contributed by atoms with van der Waals surface area (Å²) >= 11 is 0. The Hall–Kier alpha value is -2.07. The van der Waals surface area contributed by atoms with Crippen LogP contribution in [0, 0.1) is 0 Å². The highest BCUT2D eigenvalue weighted by Crippen LogP contribution is 2.25. The van der Waals surface area contributed by atoms with Gasteiger partial charge in [0.15, 0.2) is 0 Å². The van der Waals surface area contributed by atoms with Crippen LogP contribution in [0.4, 0.5) is 0 Å². The van der Waals surface area contributed by atoms with E-state index >= 15 is 0 Å². The topological polar surface area (TPSA) is 68.3 Å². The molecule has 128 valence electrons. The summed E-state index contributed by atoms with van der Waals surface area (Å²) in [6.45, 7) is 0. The summed E-state index contributed by atoms with van der Waals surface area (Å²) in [7, 11) is 0. The molecule has 1 aliphatic rings. The van der Waals surface area contributed by atoms with E-state index in [2.05, 4.69) is 17.4 Å². The van der Waals surface area contributed by atoms with E-state index in [9.17, 15) is 4.79 Å². The standard InChI is InChI=1S/C20H26N2O2/c21-17-8-10-18(11-9-17)22-20(23)14-16(19-7-4-12-24-19)13-15-5-2-1-3-6-15/h1-7,12,16-18H,8-11,13-14,21H2,(H,22,23). The number of nitrogens with two attached hydrogens (primary N) is 1. The first-order valence-electron chi connectivity index (χ1n) is 8.83. The summed E-state index contributed by atoms with van der Waals surface area (Å²) in [5.74, 6) is 1.04. The first-order chi connectivity index (χ1) is 11.7. The lowest BCUT2D eigenvalue weighted by molar-refractivity contribution is -0.122. The van der Waals surface area contributed by atoms with Crippen LogP contribution in [-0.4, -0.2) is 18.0 Å². The van der Waals surface area contributed by atoms with E-state index in [4.69, 9.17) is 10.2 Å². The second-order valence-electron chi connectivity index (χ2n) is 6.79. The summed E-state index contributed by atoms with van der Waals surface area (Å²) < 4.78 is 5.58. The van der Waals surface area contributed by atoms with Crippen LogP contribution < -0.4 is 11.1 Å². The van der Waals surface area contributed by atoms with Crippen molar-refractivity contribution in [3.05, 3.63) is 60.1 Å². The van der Waals surface area contributed by atoms with Crippen molar-refractivity contribution >= 4 is 5.91 Å². The quantitative estimate of drug-likeness (QED) is 0.855. The van der Waals surface area contributed by atoms with Crippen LogP contribution in [0.1, 0.15) is 49.3 Å². The van der Waals surface area contributed by atoms with E-state index in [0.717, 1.165) is 37.9 Å². The number of carbonyl (C=O) groups excluding carboxylic acids is 1. The maximum atomic E-state index is 12.5. The van der Waals surface area contributed by atoms with Crippen molar-refractivity contribution in [3.63, 3.8) is 0 Å². The largest absolute Gasteiger partial charge is 0.469 e. The van der Waals surface area contributed by atoms with Gasteiger partial charge in [-0.25, -0.2) is 0 Å². The van der Waals surface area contributed by atoms with E-state index < -0.39 is 0 Å². The Bertz CT molecular complexity index is 616. The van der Waals surface area contributed by atoms with Crippen LogP contribution in [0.5, 0.6) is 0 Å². The first kappa shape index (κ1) is 16.8.